The fraction of sp³-hybridized carbons (Fsp3) is 0.559. The summed E-state index contributed by atoms with van der Waals surface area (Å²) in [5.41, 5.74) is 17.3. The van der Waals surface area contributed by atoms with E-state index < -0.39 is 5.97 Å². The van der Waals surface area contributed by atoms with Crippen LogP contribution in [0.1, 0.15) is 185 Å². The highest BCUT2D eigenvalue weighted by Crippen LogP contribution is 2.32. The number of piperidine rings is 4. The second kappa shape index (κ2) is 54.7. The van der Waals surface area contributed by atoms with Gasteiger partial charge in [-0.3, -0.25) is 9.59 Å². The number of hydrogen-bond donors (Lipinski definition) is 5. The van der Waals surface area contributed by atoms with E-state index in [2.05, 4.69) is 56.5 Å². The Bertz CT molecular complexity index is 3480. The number of carbonyl (C=O) groups is 3. The Morgan fingerprint density at radius 1 is 0.353 bits per heavy atom. The Morgan fingerprint density at radius 3 is 0.871 bits per heavy atom. The largest absolute Gasteiger partial charge is 0.478 e. The molecule has 3 aromatic carbocycles. The zero-order chi connectivity index (χ0) is 78.5. The fourth-order valence-corrected chi connectivity index (χ4v) is 17.9. The van der Waals surface area contributed by atoms with Gasteiger partial charge in [0.05, 0.1) is 56.4 Å². The lowest BCUT2D eigenvalue weighted by atomic mass is 9.83. The summed E-state index contributed by atoms with van der Waals surface area (Å²) in [6, 6.07) is 35.7. The molecule has 19 nitrogen and oxygen atoms in total. The van der Waals surface area contributed by atoms with Crippen LogP contribution in [0.25, 0.3) is 17.1 Å². The molecule has 8 fully saturated rings. The maximum atomic E-state index is 13.0. The number of halogens is 4. The van der Waals surface area contributed by atoms with E-state index in [9.17, 15) is 14.4 Å². The van der Waals surface area contributed by atoms with Crippen molar-refractivity contribution in [2.45, 2.75) is 203 Å². The van der Waals surface area contributed by atoms with Gasteiger partial charge in [-0.05, 0) is 262 Å². The van der Waals surface area contributed by atoms with Gasteiger partial charge in [-0.2, -0.15) is 0 Å². The van der Waals surface area contributed by atoms with E-state index in [0.717, 1.165) is 106 Å². The first-order chi connectivity index (χ1) is 54.8. The SMILES string of the molecule is C=CCO[C@@H]1CCCN(C[C@@H]2CCCC[C@H]2N)C1.C=CCO[C@@H]1CCCN(C[C@@H]2CCCC[C@H]2NC(=O)c2ccc(-n3cccc3)cc2)C1.C=CCO[C@@H]1CCCN(C[C@H]2CCCC[C@@H]2N)C1.C=CCO[C@@H]1CCCN(C[C@H]2CCCC[C@@H]2NC(=O)c2ccc(-n3cccc3)cc2)C1.Cl.Cl.Cl.Cl.O=C(O)c1ccc(-n2cccc2)cc1. The summed E-state index contributed by atoms with van der Waals surface area (Å²) >= 11 is 0. The predicted octanol–water partition coefficient (Wildman–Crippen LogP) is 17.1. The fourth-order valence-electron chi connectivity index (χ4n) is 17.9. The van der Waals surface area contributed by atoms with Gasteiger partial charge in [-0.1, -0.05) is 75.7 Å². The number of rotatable bonds is 28. The van der Waals surface area contributed by atoms with Crippen molar-refractivity contribution in [2.24, 2.45) is 35.1 Å². The van der Waals surface area contributed by atoms with Crippen LogP contribution in [0.4, 0.5) is 0 Å². The van der Waals surface area contributed by atoms with E-state index in [-0.39, 0.29) is 73.5 Å². The Kier molecular flexibility index (Phi) is 46.5. The van der Waals surface area contributed by atoms with Gasteiger partial charge in [0.25, 0.3) is 11.8 Å². The molecule has 0 bridgehead atoms. The molecule has 12 atom stereocenters. The van der Waals surface area contributed by atoms with E-state index in [0.29, 0.717) is 92.2 Å². The number of carboxylic acids is 1. The van der Waals surface area contributed by atoms with Crippen molar-refractivity contribution in [3.05, 3.63) is 214 Å². The number of benzene rings is 3. The highest BCUT2D eigenvalue weighted by Gasteiger charge is 2.34. The topological polar surface area (TPSA) is 212 Å². The van der Waals surface area contributed by atoms with Crippen molar-refractivity contribution in [3.63, 3.8) is 0 Å². The molecule has 14 rings (SSSR count). The molecule has 4 aliphatic heterocycles. The number of nitrogens with one attached hydrogen (secondary N) is 2. The number of aromatic carboxylic acids is 1. The van der Waals surface area contributed by atoms with Gasteiger partial charge in [-0.25, -0.2) is 4.79 Å². The highest BCUT2D eigenvalue weighted by molar-refractivity contribution is 5.95. The first kappa shape index (κ1) is 98.5. The third-order valence-electron chi connectivity index (χ3n) is 24.1. The summed E-state index contributed by atoms with van der Waals surface area (Å²) in [7, 11) is 0. The van der Waals surface area contributed by atoms with E-state index >= 15 is 0 Å². The molecule has 4 saturated carbocycles. The van der Waals surface area contributed by atoms with Crippen LogP contribution in [0.15, 0.2) is 197 Å². The number of carbonyl (C=O) groups excluding carboxylic acids is 2. The normalized spacial score (nSPS) is 25.0. The smallest absolute Gasteiger partial charge is 0.335 e. The molecule has 4 aliphatic carbocycles. The molecular weight excluding hydrogens is 1540 g/mol. The summed E-state index contributed by atoms with van der Waals surface area (Å²) in [4.78, 5) is 46.7. The van der Waals surface area contributed by atoms with Crippen LogP contribution in [-0.2, 0) is 18.9 Å². The molecule has 4 saturated heterocycles. The number of nitrogens with zero attached hydrogens (tertiary/aromatic N) is 7. The first-order valence-electron chi connectivity index (χ1n) is 42.7. The van der Waals surface area contributed by atoms with Crippen LogP contribution < -0.4 is 22.1 Å². The van der Waals surface area contributed by atoms with Crippen molar-refractivity contribution in [2.75, 3.05) is 105 Å². The maximum Gasteiger partial charge on any atom is 0.335 e. The minimum atomic E-state index is -0.899. The molecule has 23 heteroatoms. The van der Waals surface area contributed by atoms with Crippen molar-refractivity contribution >= 4 is 67.4 Å². The number of nitrogens with two attached hydrogens (primary N) is 2. The standard InChI is InChI=1S/2C26H35N3O2.2C15H28N2O.C11H9NO2.4ClH/c2*1-2-18-31-24-9-7-15-28(20-24)19-22-8-3-4-10-25(22)27-26(30)21-11-13-23(14-12-21)29-16-5-6-17-29;2*1-2-10-18-14-7-5-9-17(12-14)11-13-6-3-4-8-15(13)16;13-11(14)9-3-5-10(6-4-9)12-7-1-2-8-12;;;;/h2*2,5-6,11-14,16-17,22,24-25H,1,3-4,7-10,15,18-20H2,(H,27,30);2*2,13-15H,1,3-12,16H2;1-8H,(H,13,14);4*1H/t22-,24+,25+;22-,24-,25+;13-,14+,15+;13-,14-,15+;;;;;/m0101...../s1. The van der Waals surface area contributed by atoms with Gasteiger partial charge in [0.1, 0.15) is 0 Å². The monoisotopic (exact) mass is 1680 g/mol. The van der Waals surface area contributed by atoms with E-state index in [1.54, 1.807) is 24.3 Å². The molecule has 3 aromatic heterocycles. The molecular formula is C93H139Cl4N11O8. The van der Waals surface area contributed by atoms with Crippen LogP contribution in [-0.4, -0.2) is 210 Å². The zero-order valence-electron chi connectivity index (χ0n) is 68.9. The van der Waals surface area contributed by atoms with E-state index in [1.165, 1.54) is 155 Å². The molecule has 7 heterocycles. The molecule has 0 spiro atoms. The Labute approximate surface area is 718 Å². The number of ether oxygens (including phenoxy) is 4. The van der Waals surface area contributed by atoms with Gasteiger partial charge in [-0.15, -0.1) is 75.9 Å². The van der Waals surface area contributed by atoms with Crippen molar-refractivity contribution in [3.8, 4) is 17.1 Å². The van der Waals surface area contributed by atoms with Crippen LogP contribution in [0.2, 0.25) is 0 Å². The number of likely N-dealkylation sites (tertiary alicyclic amines) is 4. The van der Waals surface area contributed by atoms with Crippen molar-refractivity contribution in [1.82, 2.24) is 43.9 Å². The van der Waals surface area contributed by atoms with Gasteiger partial charge < -0.3 is 79.5 Å². The molecule has 0 unspecified atom stereocenters. The Balaban J connectivity index is 0.000000231. The van der Waals surface area contributed by atoms with Crippen LogP contribution in [0, 0.1) is 23.7 Å². The van der Waals surface area contributed by atoms with Gasteiger partial charge in [0.15, 0.2) is 0 Å². The second-order valence-electron chi connectivity index (χ2n) is 32.5. The minimum Gasteiger partial charge on any atom is -0.478 e. The second-order valence-corrected chi connectivity index (χ2v) is 32.5. The van der Waals surface area contributed by atoms with Crippen LogP contribution in [0.5, 0.6) is 0 Å². The average Bonchev–Trinajstić information content (AvgIpc) is 0.998. The summed E-state index contributed by atoms with van der Waals surface area (Å²) < 4.78 is 29.4. The summed E-state index contributed by atoms with van der Waals surface area (Å²) in [5.74, 6) is 1.62. The van der Waals surface area contributed by atoms with Crippen LogP contribution >= 0.6 is 49.6 Å². The van der Waals surface area contributed by atoms with E-state index in [1.807, 2.05) is 160 Å². The van der Waals surface area contributed by atoms with Gasteiger partial charge in [0.2, 0.25) is 0 Å². The molecule has 0 radical (unpaired) electrons. The quantitative estimate of drug-likeness (QED) is 0.0289. The highest BCUT2D eigenvalue weighted by atomic mass is 35.5. The number of carboxylic acid groups (broad SMARTS) is 1. The number of aromatic nitrogens is 3. The zero-order valence-corrected chi connectivity index (χ0v) is 72.2. The lowest BCUT2D eigenvalue weighted by molar-refractivity contribution is 0.00510. The molecule has 7 N–H and O–H groups in total. The maximum absolute atomic E-state index is 13.0. The predicted molar refractivity (Wildman–Crippen MR) is 482 cm³/mol. The van der Waals surface area contributed by atoms with Crippen molar-refractivity contribution in [1.29, 1.82) is 0 Å². The molecule has 8 aliphatic rings. The van der Waals surface area contributed by atoms with Crippen LogP contribution in [0.3, 0.4) is 0 Å². The van der Waals surface area contributed by atoms with E-state index in [4.69, 9.17) is 35.5 Å². The summed E-state index contributed by atoms with van der Waals surface area (Å²) in [6.45, 7) is 30.9. The number of amides is 2. The summed E-state index contributed by atoms with van der Waals surface area (Å²) in [5, 5.41) is 15.4. The average molecular weight is 1680 g/mol. The molecule has 116 heavy (non-hydrogen) atoms. The third kappa shape index (κ3) is 33.0. The number of hydrogen-bond acceptors (Lipinski definition) is 13. The lowest BCUT2D eigenvalue weighted by Gasteiger charge is -2.39. The Morgan fingerprint density at radius 2 is 0.603 bits per heavy atom. The summed E-state index contributed by atoms with van der Waals surface area (Å²) in [6.07, 6.45) is 50.0. The molecule has 6 aromatic rings. The van der Waals surface area contributed by atoms with Gasteiger partial charge >= 0.3 is 5.97 Å². The van der Waals surface area contributed by atoms with Crippen molar-refractivity contribution < 1.29 is 38.4 Å². The molecule has 2 amide bonds. The Hall–Kier alpha value is -6.37. The third-order valence-corrected chi connectivity index (χ3v) is 24.1. The lowest BCUT2D eigenvalue weighted by Crippen LogP contribution is -2.49. The minimum absolute atomic E-state index is 0. The molecule has 642 valence electrons. The first-order valence-corrected chi connectivity index (χ1v) is 42.7. The van der Waals surface area contributed by atoms with Gasteiger partial charge in [0, 0.05) is 142 Å².